The van der Waals surface area contributed by atoms with E-state index >= 15 is 0 Å². The Kier molecular flexibility index (Phi) is 15.3. The molecular weight excluding hydrogens is 487 g/mol. The molecule has 0 atom stereocenters. The summed E-state index contributed by atoms with van der Waals surface area (Å²) in [5.41, 5.74) is 5.37. The molecule has 0 saturated carbocycles. The smallest absolute Gasteiger partial charge is 0.344 e. The van der Waals surface area contributed by atoms with Gasteiger partial charge in [-0.25, -0.2) is 0 Å². The molecule has 0 aromatic heterocycles. The van der Waals surface area contributed by atoms with Crippen molar-refractivity contribution in [3.8, 4) is 0 Å². The van der Waals surface area contributed by atoms with Crippen molar-refractivity contribution < 1.29 is 38.2 Å². The van der Waals surface area contributed by atoms with E-state index in [1.165, 1.54) is 0 Å². The predicted molar refractivity (Wildman–Crippen MR) is 88.3 cm³/mol. The van der Waals surface area contributed by atoms with Crippen molar-refractivity contribution in [2.45, 2.75) is 19.6 Å². The van der Waals surface area contributed by atoms with Crippen LogP contribution in [-0.2, 0) is 38.2 Å². The van der Waals surface area contributed by atoms with Gasteiger partial charge in [0.25, 0.3) is 0 Å². The normalized spacial score (nSPS) is 34.5. The molecule has 0 aliphatic carbocycles. The van der Waals surface area contributed by atoms with Gasteiger partial charge in [-0.2, -0.15) is 0 Å². The summed E-state index contributed by atoms with van der Waals surface area (Å²) >= 11 is 0. The van der Waals surface area contributed by atoms with Crippen molar-refractivity contribution in [2.75, 3.05) is 0 Å². The van der Waals surface area contributed by atoms with Crippen LogP contribution in [0.4, 0.5) is 0 Å². The van der Waals surface area contributed by atoms with Crippen molar-refractivity contribution in [3.05, 3.63) is 51.7 Å². The molecule has 1 heterocycles. The van der Waals surface area contributed by atoms with E-state index in [4.69, 9.17) is 17.1 Å². The third-order valence-corrected chi connectivity index (χ3v) is 14.3. The standard InChI is InChI=1S/C9H18O3Si3.CHO.2CH3.Pt/c1-7-13(4)10-14(5,8-2)12-15(6,9-3)11-13;1-2;;;/h7-9H,1-3H2,4-6H3;1H;2*1H3;/q;3*-1;. The minimum atomic E-state index is -2.30. The van der Waals surface area contributed by atoms with Crippen LogP contribution in [0.25, 0.3) is 0 Å². The van der Waals surface area contributed by atoms with Crippen molar-refractivity contribution in [2.24, 2.45) is 0 Å². The maximum Gasteiger partial charge on any atom is 0.344 e. The summed E-state index contributed by atoms with van der Waals surface area (Å²) in [7, 11) is -6.91. The average molecular weight is 513 g/mol. The summed E-state index contributed by atoms with van der Waals surface area (Å²) in [5.74, 6) is 0. The maximum absolute atomic E-state index is 7.75. The number of hydrogen-bond donors (Lipinski definition) is 0. The zero-order valence-corrected chi connectivity index (χ0v) is 18.2. The zero-order chi connectivity index (χ0) is 13.7. The van der Waals surface area contributed by atoms with Crippen LogP contribution in [0.5, 0.6) is 0 Å². The summed E-state index contributed by atoms with van der Waals surface area (Å²) in [6.45, 7) is 20.5. The topological polar surface area (TPSA) is 44.8 Å². The van der Waals surface area contributed by atoms with E-state index < -0.39 is 25.7 Å². The zero-order valence-electron chi connectivity index (χ0n) is 12.9. The third-order valence-electron chi connectivity index (χ3n) is 2.33. The number of carbonyl (C=O) groups excluding carboxylic acids is 1. The Labute approximate surface area is 141 Å². The first-order chi connectivity index (χ1) is 7.80. The van der Waals surface area contributed by atoms with Gasteiger partial charge in [0, 0.05) is 21.1 Å². The van der Waals surface area contributed by atoms with Gasteiger partial charge in [0.2, 0.25) is 0 Å². The molecule has 0 N–H and O–H groups in total. The van der Waals surface area contributed by atoms with Gasteiger partial charge in [0.05, 0.1) is 0 Å². The molecule has 4 nitrogen and oxygen atoms in total. The van der Waals surface area contributed by atoms with Crippen molar-refractivity contribution in [1.82, 2.24) is 0 Å². The summed E-state index contributed by atoms with van der Waals surface area (Å²) < 4.78 is 17.8. The molecular formula is C12H25O4PtSi3-3. The van der Waals surface area contributed by atoms with Crippen LogP contribution in [0.1, 0.15) is 0 Å². The molecule has 122 valence electrons. The van der Waals surface area contributed by atoms with Crippen LogP contribution in [0, 0.1) is 14.9 Å². The van der Waals surface area contributed by atoms with E-state index in [0.717, 1.165) is 0 Å². The Bertz CT molecular complexity index is 272. The van der Waals surface area contributed by atoms with Crippen LogP contribution >= 0.6 is 0 Å². The van der Waals surface area contributed by atoms with Crippen LogP contribution in [0.3, 0.4) is 0 Å². The van der Waals surface area contributed by atoms with E-state index in [2.05, 4.69) is 26.5 Å². The molecule has 1 fully saturated rings. The van der Waals surface area contributed by atoms with Gasteiger partial charge < -0.3 is 32.0 Å². The fourth-order valence-electron chi connectivity index (χ4n) is 1.52. The first-order valence-corrected chi connectivity index (χ1v) is 12.2. The predicted octanol–water partition coefficient (Wildman–Crippen LogP) is 3.07. The van der Waals surface area contributed by atoms with E-state index in [9.17, 15) is 0 Å². The van der Waals surface area contributed by atoms with Gasteiger partial charge in [0.15, 0.2) is 0 Å². The van der Waals surface area contributed by atoms with E-state index in [1.54, 1.807) is 17.1 Å². The van der Waals surface area contributed by atoms with Crippen molar-refractivity contribution in [3.63, 3.8) is 0 Å². The van der Waals surface area contributed by atoms with Crippen LogP contribution in [0.15, 0.2) is 36.8 Å². The van der Waals surface area contributed by atoms with Crippen LogP contribution in [0.2, 0.25) is 19.6 Å². The van der Waals surface area contributed by atoms with Crippen molar-refractivity contribution >= 4 is 32.5 Å². The second-order valence-electron chi connectivity index (χ2n) is 3.97. The fourth-order valence-corrected chi connectivity index (χ4v) is 14.8. The van der Waals surface area contributed by atoms with Crippen LogP contribution < -0.4 is 0 Å². The monoisotopic (exact) mass is 512 g/mol. The molecule has 1 saturated heterocycles. The number of hydrogen-bond acceptors (Lipinski definition) is 4. The van der Waals surface area contributed by atoms with Gasteiger partial charge in [0.1, 0.15) is 0 Å². The molecule has 0 aromatic carbocycles. The van der Waals surface area contributed by atoms with Crippen molar-refractivity contribution in [1.29, 1.82) is 0 Å². The summed E-state index contributed by atoms with van der Waals surface area (Å²) in [6, 6.07) is 0. The molecule has 1 rings (SSSR count). The molecule has 1 aliphatic heterocycles. The largest absolute Gasteiger partial charge is 0.545 e. The van der Waals surface area contributed by atoms with Gasteiger partial charge in [-0.3, -0.25) is 6.79 Å². The Hall–Kier alpha value is 0.109. The molecule has 8 heteroatoms. The quantitative estimate of drug-likeness (QED) is 0.331. The number of rotatable bonds is 3. The maximum atomic E-state index is 7.75. The molecule has 0 amide bonds. The molecule has 1 aliphatic rings. The Morgan fingerprint density at radius 3 is 1.00 bits per heavy atom. The SMILES string of the molecule is C=C[Si]1(C)O[Si](C)(C=C)O[Si](C)(C=C)O1.[CH-]=O.[CH3-].[CH3-].[Pt]. The molecule has 0 spiro atoms. The fraction of sp³-hybridized carbons (Fsp3) is 0.250. The van der Waals surface area contributed by atoms with Gasteiger partial charge in [-0.1, -0.05) is 17.1 Å². The Morgan fingerprint density at radius 1 is 0.750 bits per heavy atom. The average Bonchev–Trinajstić information content (AvgIpc) is 2.30. The molecule has 0 bridgehead atoms. The second kappa shape index (κ2) is 10.8. The van der Waals surface area contributed by atoms with Gasteiger partial charge >= 0.3 is 25.7 Å². The summed E-state index contributed by atoms with van der Waals surface area (Å²) in [4.78, 5) is 7.75. The Morgan fingerprint density at radius 2 is 0.900 bits per heavy atom. The first-order valence-electron chi connectivity index (χ1n) is 5.05. The first kappa shape index (κ1) is 28.3. The molecule has 0 radical (unpaired) electrons. The molecule has 0 aromatic rings. The summed E-state index contributed by atoms with van der Waals surface area (Å²) in [6.07, 6.45) is 0. The molecule has 0 unspecified atom stereocenters. The second-order valence-corrected chi connectivity index (χ2v) is 13.7. The van der Waals surface area contributed by atoms with Crippen LogP contribution in [-0.4, -0.2) is 32.5 Å². The Balaban J connectivity index is -0.000000244. The third kappa shape index (κ3) is 7.21. The van der Waals surface area contributed by atoms with Gasteiger partial charge in [-0.05, 0) is 19.6 Å². The minimum Gasteiger partial charge on any atom is -0.545 e. The van der Waals surface area contributed by atoms with E-state index in [-0.39, 0.29) is 35.9 Å². The molecule has 20 heavy (non-hydrogen) atoms. The van der Waals surface area contributed by atoms with Gasteiger partial charge in [-0.15, -0.1) is 19.7 Å². The van der Waals surface area contributed by atoms with E-state index in [1.807, 2.05) is 19.6 Å². The van der Waals surface area contributed by atoms with E-state index in [0.29, 0.717) is 0 Å². The minimum absolute atomic E-state index is 0. The summed E-state index contributed by atoms with van der Waals surface area (Å²) in [5, 5.41) is 0.